The molecule has 0 radical (unpaired) electrons. The third-order valence-electron chi connectivity index (χ3n) is 5.89. The van der Waals surface area contributed by atoms with Crippen LogP contribution in [0.15, 0.2) is 60.9 Å². The molecular weight excluding hydrogens is 386 g/mol. The monoisotopic (exact) mass is 417 g/mol. The Hall–Kier alpha value is -2.96. The van der Waals surface area contributed by atoms with Gasteiger partial charge < -0.3 is 9.88 Å². The van der Waals surface area contributed by atoms with E-state index in [0.29, 0.717) is 6.54 Å². The minimum absolute atomic E-state index is 0.0614. The van der Waals surface area contributed by atoms with E-state index >= 15 is 0 Å². The van der Waals surface area contributed by atoms with E-state index in [1.165, 1.54) is 5.56 Å². The fourth-order valence-corrected chi connectivity index (χ4v) is 4.10. The van der Waals surface area contributed by atoms with E-state index < -0.39 is 0 Å². The summed E-state index contributed by atoms with van der Waals surface area (Å²) in [5.74, 6) is 1.08. The molecule has 1 amide bonds. The normalized spacial score (nSPS) is 15.2. The fraction of sp³-hybridized carbons (Fsp3) is 0.360. The Labute approximate surface area is 184 Å². The third kappa shape index (κ3) is 5.60. The zero-order valence-electron chi connectivity index (χ0n) is 18.4. The Kier molecular flexibility index (Phi) is 6.79. The van der Waals surface area contributed by atoms with Crippen LogP contribution in [0.5, 0.6) is 0 Å². The summed E-state index contributed by atoms with van der Waals surface area (Å²) in [5.41, 5.74) is 4.36. The first-order valence-electron chi connectivity index (χ1n) is 11.0. The molecule has 1 N–H and O–H groups in total. The number of carbonyl (C=O) groups is 1. The van der Waals surface area contributed by atoms with Gasteiger partial charge >= 0.3 is 0 Å². The molecule has 3 aromatic rings. The summed E-state index contributed by atoms with van der Waals surface area (Å²) in [4.78, 5) is 21.7. The largest absolute Gasteiger partial charge is 0.330 e. The summed E-state index contributed by atoms with van der Waals surface area (Å²) in [7, 11) is 0. The second kappa shape index (κ2) is 9.90. The highest BCUT2D eigenvalue weighted by atomic mass is 16.2. The lowest BCUT2D eigenvalue weighted by Gasteiger charge is -2.34. The van der Waals surface area contributed by atoms with Crippen LogP contribution in [-0.4, -0.2) is 64.5 Å². The standard InChI is InChI=1S/C25H31N5O/c1-20-8-9-23(21(2)18-20)27-24(31)19-29-14-12-28(13-15-29)16-17-30-11-10-26-25(30)22-6-4-3-5-7-22/h3-11,18H,12-17,19H2,1-2H3,(H,27,31). The Morgan fingerprint density at radius 3 is 2.45 bits per heavy atom. The van der Waals surface area contributed by atoms with Crippen LogP contribution < -0.4 is 5.32 Å². The molecule has 2 aromatic carbocycles. The maximum absolute atomic E-state index is 12.5. The number of nitrogens with zero attached hydrogens (tertiary/aromatic N) is 4. The van der Waals surface area contributed by atoms with Crippen molar-refractivity contribution >= 4 is 11.6 Å². The first-order chi connectivity index (χ1) is 15.1. The van der Waals surface area contributed by atoms with Crippen molar-refractivity contribution in [2.45, 2.75) is 20.4 Å². The number of aryl methyl sites for hydroxylation is 2. The van der Waals surface area contributed by atoms with Crippen molar-refractivity contribution in [2.75, 3.05) is 44.6 Å². The van der Waals surface area contributed by atoms with Gasteiger partial charge in [0.15, 0.2) is 0 Å². The van der Waals surface area contributed by atoms with E-state index in [1.807, 2.05) is 43.5 Å². The lowest BCUT2D eigenvalue weighted by molar-refractivity contribution is -0.117. The van der Waals surface area contributed by atoms with E-state index in [2.05, 4.69) is 56.0 Å². The molecule has 0 atom stereocenters. The molecule has 0 unspecified atom stereocenters. The number of hydrogen-bond donors (Lipinski definition) is 1. The number of rotatable bonds is 7. The highest BCUT2D eigenvalue weighted by Gasteiger charge is 2.19. The van der Waals surface area contributed by atoms with Crippen molar-refractivity contribution in [2.24, 2.45) is 0 Å². The second-order valence-corrected chi connectivity index (χ2v) is 8.29. The minimum atomic E-state index is 0.0614. The molecule has 0 spiro atoms. The topological polar surface area (TPSA) is 53.4 Å². The van der Waals surface area contributed by atoms with Gasteiger partial charge in [0, 0.05) is 62.9 Å². The first kappa shape index (κ1) is 21.3. The zero-order chi connectivity index (χ0) is 21.6. The predicted octanol–water partition coefficient (Wildman–Crippen LogP) is 3.42. The number of nitrogens with one attached hydrogen (secondary N) is 1. The molecule has 1 saturated heterocycles. The Morgan fingerprint density at radius 2 is 1.71 bits per heavy atom. The molecule has 1 aliphatic heterocycles. The van der Waals surface area contributed by atoms with Crippen LogP contribution in [0, 0.1) is 13.8 Å². The molecule has 6 nitrogen and oxygen atoms in total. The number of piperazine rings is 1. The highest BCUT2D eigenvalue weighted by molar-refractivity contribution is 5.93. The van der Waals surface area contributed by atoms with Gasteiger partial charge in [-0.2, -0.15) is 0 Å². The molecule has 1 fully saturated rings. The van der Waals surface area contributed by atoms with Gasteiger partial charge in [-0.25, -0.2) is 4.98 Å². The summed E-state index contributed by atoms with van der Waals surface area (Å²) in [6, 6.07) is 16.4. The third-order valence-corrected chi connectivity index (χ3v) is 5.89. The van der Waals surface area contributed by atoms with Gasteiger partial charge in [-0.3, -0.25) is 14.6 Å². The van der Waals surface area contributed by atoms with Crippen LogP contribution in [0.25, 0.3) is 11.4 Å². The smallest absolute Gasteiger partial charge is 0.238 e. The van der Waals surface area contributed by atoms with Gasteiger partial charge in [-0.15, -0.1) is 0 Å². The maximum Gasteiger partial charge on any atom is 0.238 e. The number of amides is 1. The van der Waals surface area contributed by atoms with Gasteiger partial charge in [-0.1, -0.05) is 48.0 Å². The van der Waals surface area contributed by atoms with Crippen LogP contribution >= 0.6 is 0 Å². The molecule has 2 heterocycles. The van der Waals surface area contributed by atoms with Crippen molar-refractivity contribution < 1.29 is 4.79 Å². The average Bonchev–Trinajstić information content (AvgIpc) is 3.24. The lowest BCUT2D eigenvalue weighted by atomic mass is 10.1. The van der Waals surface area contributed by atoms with Gasteiger partial charge in [-0.05, 0) is 25.5 Å². The lowest BCUT2D eigenvalue weighted by Crippen LogP contribution is -2.49. The zero-order valence-corrected chi connectivity index (χ0v) is 18.4. The number of benzene rings is 2. The predicted molar refractivity (Wildman–Crippen MR) is 125 cm³/mol. The van der Waals surface area contributed by atoms with Gasteiger partial charge in [0.25, 0.3) is 0 Å². The van der Waals surface area contributed by atoms with Crippen LogP contribution in [0.3, 0.4) is 0 Å². The molecule has 162 valence electrons. The Balaban J connectivity index is 1.22. The Bertz CT molecular complexity index is 1010. The quantitative estimate of drug-likeness (QED) is 0.640. The SMILES string of the molecule is Cc1ccc(NC(=O)CN2CCN(CCn3ccnc3-c3ccccc3)CC2)c(C)c1. The molecule has 1 aliphatic rings. The number of anilines is 1. The summed E-state index contributed by atoms with van der Waals surface area (Å²) in [5, 5.41) is 3.06. The summed E-state index contributed by atoms with van der Waals surface area (Å²) >= 11 is 0. The number of carbonyl (C=O) groups excluding carboxylic acids is 1. The van der Waals surface area contributed by atoms with Crippen LogP contribution in [0.4, 0.5) is 5.69 Å². The Morgan fingerprint density at radius 1 is 0.968 bits per heavy atom. The van der Waals surface area contributed by atoms with Crippen molar-refractivity contribution in [1.82, 2.24) is 19.4 Å². The maximum atomic E-state index is 12.5. The molecule has 6 heteroatoms. The van der Waals surface area contributed by atoms with Gasteiger partial charge in [0.2, 0.25) is 5.91 Å². The molecule has 0 aliphatic carbocycles. The van der Waals surface area contributed by atoms with Crippen molar-refractivity contribution in [3.05, 3.63) is 72.1 Å². The minimum Gasteiger partial charge on any atom is -0.330 e. The summed E-state index contributed by atoms with van der Waals surface area (Å²) < 4.78 is 2.22. The van der Waals surface area contributed by atoms with E-state index in [9.17, 15) is 4.79 Å². The van der Waals surface area contributed by atoms with Gasteiger partial charge in [0.05, 0.1) is 6.54 Å². The summed E-state index contributed by atoms with van der Waals surface area (Å²) in [6.45, 7) is 10.2. The van der Waals surface area contributed by atoms with Crippen LogP contribution in [-0.2, 0) is 11.3 Å². The van der Waals surface area contributed by atoms with Crippen LogP contribution in [0.1, 0.15) is 11.1 Å². The number of imidazole rings is 1. The van der Waals surface area contributed by atoms with Crippen molar-refractivity contribution in [3.63, 3.8) is 0 Å². The number of hydrogen-bond acceptors (Lipinski definition) is 4. The van der Waals surface area contributed by atoms with Gasteiger partial charge in [0.1, 0.15) is 5.82 Å². The summed E-state index contributed by atoms with van der Waals surface area (Å²) in [6.07, 6.45) is 3.92. The molecule has 1 aromatic heterocycles. The molecule has 4 rings (SSSR count). The van der Waals surface area contributed by atoms with E-state index in [0.717, 1.165) is 61.9 Å². The average molecular weight is 418 g/mol. The fourth-order valence-electron chi connectivity index (χ4n) is 4.10. The molecule has 0 saturated carbocycles. The van der Waals surface area contributed by atoms with E-state index in [4.69, 9.17) is 0 Å². The van der Waals surface area contributed by atoms with E-state index in [-0.39, 0.29) is 5.91 Å². The van der Waals surface area contributed by atoms with Crippen molar-refractivity contribution in [1.29, 1.82) is 0 Å². The molecule has 0 bridgehead atoms. The molecule has 31 heavy (non-hydrogen) atoms. The second-order valence-electron chi connectivity index (χ2n) is 8.29. The van der Waals surface area contributed by atoms with Crippen molar-refractivity contribution in [3.8, 4) is 11.4 Å². The van der Waals surface area contributed by atoms with E-state index in [1.54, 1.807) is 0 Å². The number of aromatic nitrogens is 2. The first-order valence-corrected chi connectivity index (χ1v) is 11.0. The molecular formula is C25H31N5O. The highest BCUT2D eigenvalue weighted by Crippen LogP contribution is 2.17. The van der Waals surface area contributed by atoms with Crippen LogP contribution in [0.2, 0.25) is 0 Å².